The van der Waals surface area contributed by atoms with Gasteiger partial charge in [-0.05, 0) is 42.0 Å². The number of phenols is 1. The number of aromatic hydroxyl groups is 1. The predicted octanol–water partition coefficient (Wildman–Crippen LogP) is 1.83. The molecule has 0 aliphatic carbocycles. The average molecular weight is 315 g/mol. The maximum Gasteiger partial charge on any atom is 0.277 e. The summed E-state index contributed by atoms with van der Waals surface area (Å²) in [5, 5.41) is 23.4. The first-order chi connectivity index (χ1) is 11.0. The van der Waals surface area contributed by atoms with E-state index in [1.54, 1.807) is 12.1 Å². The van der Waals surface area contributed by atoms with Crippen LogP contribution in [0, 0.1) is 10.1 Å². The lowest BCUT2D eigenvalue weighted by molar-refractivity contribution is -0.384. The van der Waals surface area contributed by atoms with E-state index in [1.807, 2.05) is 0 Å². The van der Waals surface area contributed by atoms with Crippen molar-refractivity contribution < 1.29 is 19.6 Å². The molecule has 0 saturated heterocycles. The van der Waals surface area contributed by atoms with Crippen LogP contribution in [0.1, 0.15) is 5.56 Å². The second-order valence-corrected chi connectivity index (χ2v) is 4.42. The molecule has 0 radical (unpaired) electrons. The zero-order valence-corrected chi connectivity index (χ0v) is 11.9. The third-order valence-corrected chi connectivity index (χ3v) is 2.71. The molecular formula is C15H13N3O5. The normalized spacial score (nSPS) is 10.4. The predicted molar refractivity (Wildman–Crippen MR) is 82.4 cm³/mol. The standard InChI is InChI=1S/C15H13N3O5/c19-13-5-1-11(2-6-13)9-16-17-15(20)10-23-14-7-3-12(4-8-14)18(21)22/h1-9,19H,10H2,(H,17,20). The SMILES string of the molecule is O=C(COc1ccc([N+](=O)[O-])cc1)NN=Cc1ccc(O)cc1. The number of phenolic OH excluding ortho intramolecular Hbond substituents is 1. The maximum absolute atomic E-state index is 11.5. The summed E-state index contributed by atoms with van der Waals surface area (Å²) >= 11 is 0. The first-order valence-electron chi connectivity index (χ1n) is 6.53. The zero-order valence-electron chi connectivity index (χ0n) is 11.9. The third kappa shape index (κ3) is 5.12. The van der Waals surface area contributed by atoms with Gasteiger partial charge in [0.15, 0.2) is 6.61 Å². The van der Waals surface area contributed by atoms with Crippen molar-refractivity contribution >= 4 is 17.8 Å². The van der Waals surface area contributed by atoms with Gasteiger partial charge in [-0.25, -0.2) is 5.43 Å². The summed E-state index contributed by atoms with van der Waals surface area (Å²) in [5.74, 6) is 0.00864. The molecule has 0 spiro atoms. The van der Waals surface area contributed by atoms with Crippen LogP contribution in [-0.4, -0.2) is 28.8 Å². The molecule has 0 heterocycles. The molecule has 118 valence electrons. The number of benzene rings is 2. The van der Waals surface area contributed by atoms with Gasteiger partial charge in [0, 0.05) is 12.1 Å². The lowest BCUT2D eigenvalue weighted by Gasteiger charge is -2.04. The molecule has 0 aliphatic heterocycles. The monoisotopic (exact) mass is 315 g/mol. The van der Waals surface area contributed by atoms with Gasteiger partial charge in [-0.1, -0.05) is 0 Å². The highest BCUT2D eigenvalue weighted by molar-refractivity contribution is 5.83. The highest BCUT2D eigenvalue weighted by atomic mass is 16.6. The van der Waals surface area contributed by atoms with Gasteiger partial charge in [0.2, 0.25) is 0 Å². The van der Waals surface area contributed by atoms with Crippen molar-refractivity contribution in [1.82, 2.24) is 5.43 Å². The Morgan fingerprint density at radius 3 is 2.48 bits per heavy atom. The van der Waals surface area contributed by atoms with Crippen LogP contribution in [0.2, 0.25) is 0 Å². The number of hydrazone groups is 1. The fourth-order valence-corrected chi connectivity index (χ4v) is 1.58. The van der Waals surface area contributed by atoms with Crippen molar-refractivity contribution in [1.29, 1.82) is 0 Å². The number of nitro groups is 1. The summed E-state index contributed by atoms with van der Waals surface area (Å²) in [5.41, 5.74) is 2.93. The van der Waals surface area contributed by atoms with Crippen LogP contribution in [0.3, 0.4) is 0 Å². The van der Waals surface area contributed by atoms with E-state index in [0.29, 0.717) is 11.3 Å². The molecule has 0 bridgehead atoms. The van der Waals surface area contributed by atoms with Crippen molar-refractivity contribution in [3.63, 3.8) is 0 Å². The quantitative estimate of drug-likeness (QED) is 0.479. The van der Waals surface area contributed by atoms with E-state index in [2.05, 4.69) is 10.5 Å². The molecular weight excluding hydrogens is 302 g/mol. The van der Waals surface area contributed by atoms with Gasteiger partial charge in [0.05, 0.1) is 11.1 Å². The smallest absolute Gasteiger partial charge is 0.277 e. The molecule has 1 amide bonds. The number of nitro benzene ring substituents is 1. The van der Waals surface area contributed by atoms with Gasteiger partial charge in [0.25, 0.3) is 11.6 Å². The van der Waals surface area contributed by atoms with Gasteiger partial charge in [-0.15, -0.1) is 0 Å². The average Bonchev–Trinajstić information content (AvgIpc) is 2.55. The van der Waals surface area contributed by atoms with E-state index in [1.165, 1.54) is 42.6 Å². The summed E-state index contributed by atoms with van der Waals surface area (Å²) in [6.07, 6.45) is 1.42. The first kappa shape index (κ1) is 16.0. The molecule has 0 saturated carbocycles. The van der Waals surface area contributed by atoms with Crippen LogP contribution in [0.5, 0.6) is 11.5 Å². The van der Waals surface area contributed by atoms with Crippen LogP contribution < -0.4 is 10.2 Å². The molecule has 2 aromatic rings. The second kappa shape index (κ2) is 7.55. The van der Waals surface area contributed by atoms with Crippen molar-refractivity contribution in [2.75, 3.05) is 6.61 Å². The van der Waals surface area contributed by atoms with Crippen LogP contribution >= 0.6 is 0 Å². The Hall–Kier alpha value is -3.42. The molecule has 8 heteroatoms. The highest BCUT2D eigenvalue weighted by Crippen LogP contribution is 2.17. The van der Waals surface area contributed by atoms with E-state index in [9.17, 15) is 14.9 Å². The summed E-state index contributed by atoms with van der Waals surface area (Å²) in [6.45, 7) is -0.273. The number of rotatable bonds is 6. The van der Waals surface area contributed by atoms with Crippen molar-refractivity contribution in [3.8, 4) is 11.5 Å². The second-order valence-electron chi connectivity index (χ2n) is 4.42. The largest absolute Gasteiger partial charge is 0.508 e. The Labute approximate surface area is 131 Å². The molecule has 0 aromatic heterocycles. The molecule has 2 rings (SSSR count). The molecule has 0 aliphatic rings. The molecule has 23 heavy (non-hydrogen) atoms. The van der Waals surface area contributed by atoms with Crippen molar-refractivity contribution in [3.05, 3.63) is 64.2 Å². The van der Waals surface area contributed by atoms with Gasteiger partial charge in [0.1, 0.15) is 11.5 Å². The lowest BCUT2D eigenvalue weighted by Crippen LogP contribution is -2.24. The Kier molecular flexibility index (Phi) is 5.24. The Bertz CT molecular complexity index is 711. The fraction of sp³-hybridized carbons (Fsp3) is 0.0667. The minimum Gasteiger partial charge on any atom is -0.508 e. The number of nitrogens with one attached hydrogen (secondary N) is 1. The van der Waals surface area contributed by atoms with Crippen LogP contribution in [0.15, 0.2) is 53.6 Å². The van der Waals surface area contributed by atoms with Crippen LogP contribution in [0.25, 0.3) is 0 Å². The number of non-ortho nitro benzene ring substituents is 1. The minimum atomic E-state index is -0.519. The van der Waals surface area contributed by atoms with E-state index in [0.717, 1.165) is 0 Å². The lowest BCUT2D eigenvalue weighted by atomic mass is 10.2. The molecule has 8 nitrogen and oxygen atoms in total. The Balaban J connectivity index is 1.78. The molecule has 2 aromatic carbocycles. The van der Waals surface area contributed by atoms with E-state index >= 15 is 0 Å². The fourth-order valence-electron chi connectivity index (χ4n) is 1.58. The number of hydrogen-bond donors (Lipinski definition) is 2. The number of hydrogen-bond acceptors (Lipinski definition) is 6. The number of carbonyl (C=O) groups is 1. The van der Waals surface area contributed by atoms with E-state index < -0.39 is 10.8 Å². The van der Waals surface area contributed by atoms with Crippen LogP contribution in [0.4, 0.5) is 5.69 Å². The molecule has 0 atom stereocenters. The summed E-state index contributed by atoms with van der Waals surface area (Å²) in [4.78, 5) is 21.5. The zero-order chi connectivity index (χ0) is 16.7. The first-order valence-corrected chi connectivity index (χ1v) is 6.53. The summed E-state index contributed by atoms with van der Waals surface area (Å²) in [6, 6.07) is 11.7. The van der Waals surface area contributed by atoms with E-state index in [-0.39, 0.29) is 18.0 Å². The maximum atomic E-state index is 11.5. The molecule has 0 unspecified atom stereocenters. The van der Waals surface area contributed by atoms with Crippen LogP contribution in [-0.2, 0) is 4.79 Å². The number of nitrogens with zero attached hydrogens (tertiary/aromatic N) is 2. The summed E-state index contributed by atoms with van der Waals surface area (Å²) in [7, 11) is 0. The highest BCUT2D eigenvalue weighted by Gasteiger charge is 2.06. The number of carbonyl (C=O) groups excluding carboxylic acids is 1. The van der Waals surface area contributed by atoms with Gasteiger partial charge in [-0.2, -0.15) is 5.10 Å². The summed E-state index contributed by atoms with van der Waals surface area (Å²) < 4.78 is 5.18. The van der Waals surface area contributed by atoms with Gasteiger partial charge in [-0.3, -0.25) is 14.9 Å². The Morgan fingerprint density at radius 1 is 1.22 bits per heavy atom. The van der Waals surface area contributed by atoms with E-state index in [4.69, 9.17) is 9.84 Å². The molecule has 2 N–H and O–H groups in total. The minimum absolute atomic E-state index is 0.0553. The topological polar surface area (TPSA) is 114 Å². The van der Waals surface area contributed by atoms with Gasteiger partial charge < -0.3 is 9.84 Å². The number of amides is 1. The number of ether oxygens (including phenoxy) is 1. The molecule has 0 fully saturated rings. The van der Waals surface area contributed by atoms with Gasteiger partial charge >= 0.3 is 0 Å². The van der Waals surface area contributed by atoms with Crippen molar-refractivity contribution in [2.24, 2.45) is 5.10 Å². The third-order valence-electron chi connectivity index (χ3n) is 2.71. The Morgan fingerprint density at radius 2 is 1.87 bits per heavy atom. The van der Waals surface area contributed by atoms with Crippen molar-refractivity contribution in [2.45, 2.75) is 0 Å².